The smallest absolute Gasteiger partial charge is 0.248 e. The van der Waals surface area contributed by atoms with Crippen molar-refractivity contribution in [1.82, 2.24) is 20.2 Å². The third-order valence-electron chi connectivity index (χ3n) is 5.09. The van der Waals surface area contributed by atoms with Crippen LogP contribution in [-0.4, -0.2) is 27.3 Å². The molecular formula is C23H19N5O. The van der Waals surface area contributed by atoms with E-state index in [2.05, 4.69) is 63.3 Å². The van der Waals surface area contributed by atoms with Crippen molar-refractivity contribution in [3.63, 3.8) is 0 Å². The molecule has 1 aliphatic heterocycles. The van der Waals surface area contributed by atoms with Crippen molar-refractivity contribution < 1.29 is 4.74 Å². The molecule has 0 fully saturated rings. The lowest BCUT2D eigenvalue weighted by Gasteiger charge is -2.24. The second-order valence-corrected chi connectivity index (χ2v) is 6.78. The van der Waals surface area contributed by atoms with Crippen molar-refractivity contribution in [3.05, 3.63) is 96.1 Å². The fourth-order valence-corrected chi connectivity index (χ4v) is 3.63. The second kappa shape index (κ2) is 7.24. The van der Waals surface area contributed by atoms with E-state index in [9.17, 15) is 0 Å². The molecule has 0 spiro atoms. The first-order valence-electron chi connectivity index (χ1n) is 9.39. The predicted octanol–water partition coefficient (Wildman–Crippen LogP) is 4.40. The van der Waals surface area contributed by atoms with E-state index in [1.165, 1.54) is 11.1 Å². The van der Waals surface area contributed by atoms with Gasteiger partial charge in [0.25, 0.3) is 0 Å². The molecule has 0 bridgehead atoms. The van der Waals surface area contributed by atoms with Gasteiger partial charge in [0.2, 0.25) is 5.95 Å². The van der Waals surface area contributed by atoms with Crippen LogP contribution in [0.1, 0.15) is 17.2 Å². The zero-order chi connectivity index (χ0) is 19.6. The third-order valence-corrected chi connectivity index (χ3v) is 5.09. The molecule has 6 nitrogen and oxygen atoms in total. The molecule has 1 aliphatic rings. The van der Waals surface area contributed by atoms with E-state index in [1.54, 1.807) is 11.8 Å². The van der Waals surface area contributed by atoms with Crippen LogP contribution in [-0.2, 0) is 0 Å². The molecule has 0 saturated heterocycles. The monoisotopic (exact) mass is 381 g/mol. The van der Waals surface area contributed by atoms with E-state index in [0.29, 0.717) is 5.95 Å². The van der Waals surface area contributed by atoms with Gasteiger partial charge in [-0.15, -0.1) is 0 Å². The summed E-state index contributed by atoms with van der Waals surface area (Å²) in [5.74, 6) is 1.40. The molecule has 5 rings (SSSR count). The number of tetrazole rings is 1. The maximum atomic E-state index is 5.56. The van der Waals surface area contributed by atoms with Gasteiger partial charge in [-0.25, -0.2) is 0 Å². The minimum atomic E-state index is -0.166. The molecule has 142 valence electrons. The Morgan fingerprint density at radius 1 is 0.828 bits per heavy atom. The normalized spacial score (nSPS) is 15.2. The highest BCUT2D eigenvalue weighted by Gasteiger charge is 2.26. The number of ether oxygens (including phenoxy) is 1. The molecule has 3 aromatic carbocycles. The molecule has 1 atom stereocenters. The Hall–Kier alpha value is -3.93. The van der Waals surface area contributed by atoms with Crippen LogP contribution in [0.4, 0.5) is 5.95 Å². The van der Waals surface area contributed by atoms with Crippen LogP contribution in [0.15, 0.2) is 84.9 Å². The van der Waals surface area contributed by atoms with Crippen LogP contribution >= 0.6 is 0 Å². The van der Waals surface area contributed by atoms with Gasteiger partial charge >= 0.3 is 0 Å². The maximum Gasteiger partial charge on any atom is 0.248 e. The summed E-state index contributed by atoms with van der Waals surface area (Å²) in [5.41, 5.74) is 5.41. The highest BCUT2D eigenvalue weighted by atomic mass is 16.5. The molecule has 0 saturated carbocycles. The fourth-order valence-electron chi connectivity index (χ4n) is 3.63. The minimum absolute atomic E-state index is 0.166. The fraction of sp³-hybridized carbons (Fsp3) is 0.0870. The molecule has 1 N–H and O–H groups in total. The number of aromatic nitrogens is 4. The molecule has 0 radical (unpaired) electrons. The molecule has 1 aromatic heterocycles. The van der Waals surface area contributed by atoms with Gasteiger partial charge < -0.3 is 10.1 Å². The van der Waals surface area contributed by atoms with E-state index >= 15 is 0 Å². The van der Waals surface area contributed by atoms with Crippen molar-refractivity contribution in [1.29, 1.82) is 0 Å². The number of benzene rings is 3. The average molecular weight is 381 g/mol. The number of hydrogen-bond acceptors (Lipinski definition) is 5. The topological polar surface area (TPSA) is 64.9 Å². The Kier molecular flexibility index (Phi) is 4.29. The summed E-state index contributed by atoms with van der Waals surface area (Å²) in [6.07, 6.45) is 2.12. The highest BCUT2D eigenvalue weighted by Crippen LogP contribution is 2.35. The van der Waals surface area contributed by atoms with Gasteiger partial charge in [0.05, 0.1) is 7.11 Å². The molecule has 0 amide bonds. The Morgan fingerprint density at radius 3 is 2.31 bits per heavy atom. The van der Waals surface area contributed by atoms with Crippen LogP contribution in [0.2, 0.25) is 0 Å². The maximum absolute atomic E-state index is 5.56. The van der Waals surface area contributed by atoms with Gasteiger partial charge in [0, 0.05) is 11.3 Å². The molecule has 0 unspecified atom stereocenters. The SMILES string of the molecule is COc1ccccc1[C@H]1C=C(c2ccc(-c3ccccc3)cc2)Nc2nnnn21. The van der Waals surface area contributed by atoms with E-state index in [1.807, 2.05) is 42.5 Å². The zero-order valence-corrected chi connectivity index (χ0v) is 15.9. The number of fused-ring (bicyclic) bond motifs is 1. The number of anilines is 1. The molecule has 0 aliphatic carbocycles. The first kappa shape index (κ1) is 17.2. The predicted molar refractivity (Wildman–Crippen MR) is 112 cm³/mol. The molecular weight excluding hydrogens is 362 g/mol. The second-order valence-electron chi connectivity index (χ2n) is 6.78. The standard InChI is InChI=1S/C23H19N5O/c1-29-22-10-6-5-9-19(22)21-15-20(24-23-25-26-27-28(21)23)18-13-11-17(12-14-18)16-7-3-2-4-8-16/h2-15,21H,1H3,(H,24,25,27)/t21-/m1/s1. The van der Waals surface area contributed by atoms with Crippen molar-refractivity contribution >= 4 is 11.6 Å². The largest absolute Gasteiger partial charge is 0.496 e. The molecule has 6 heteroatoms. The molecule has 4 aromatic rings. The van der Waals surface area contributed by atoms with Gasteiger partial charge in [0.15, 0.2) is 0 Å². The summed E-state index contributed by atoms with van der Waals surface area (Å²) in [5, 5.41) is 15.5. The van der Waals surface area contributed by atoms with Gasteiger partial charge in [-0.1, -0.05) is 77.9 Å². The number of hydrogen-bond donors (Lipinski definition) is 1. The number of methoxy groups -OCH3 is 1. The summed E-state index contributed by atoms with van der Waals surface area (Å²) in [6, 6.07) is 26.6. The lowest BCUT2D eigenvalue weighted by atomic mass is 9.99. The van der Waals surface area contributed by atoms with E-state index < -0.39 is 0 Å². The number of nitrogens with zero attached hydrogens (tertiary/aromatic N) is 4. The van der Waals surface area contributed by atoms with Crippen LogP contribution < -0.4 is 10.1 Å². The summed E-state index contributed by atoms with van der Waals surface area (Å²) < 4.78 is 7.33. The minimum Gasteiger partial charge on any atom is -0.496 e. The van der Waals surface area contributed by atoms with Gasteiger partial charge in [-0.3, -0.25) is 0 Å². The van der Waals surface area contributed by atoms with Gasteiger partial charge in [-0.2, -0.15) is 4.68 Å². The van der Waals surface area contributed by atoms with Crippen LogP contribution in [0.5, 0.6) is 5.75 Å². The summed E-state index contributed by atoms with van der Waals surface area (Å²) in [4.78, 5) is 0. The van der Waals surface area contributed by atoms with E-state index in [4.69, 9.17) is 4.74 Å². The van der Waals surface area contributed by atoms with Crippen LogP contribution in [0.3, 0.4) is 0 Å². The first-order chi connectivity index (χ1) is 14.3. The quantitative estimate of drug-likeness (QED) is 0.567. The van der Waals surface area contributed by atoms with E-state index in [0.717, 1.165) is 22.6 Å². The highest BCUT2D eigenvalue weighted by molar-refractivity contribution is 5.78. The van der Waals surface area contributed by atoms with Gasteiger partial charge in [0.1, 0.15) is 11.8 Å². The van der Waals surface area contributed by atoms with Crippen molar-refractivity contribution in [2.75, 3.05) is 12.4 Å². The Morgan fingerprint density at radius 2 is 1.52 bits per heavy atom. The van der Waals surface area contributed by atoms with Crippen molar-refractivity contribution in [2.24, 2.45) is 0 Å². The van der Waals surface area contributed by atoms with Gasteiger partial charge in [-0.05, 0) is 39.3 Å². The van der Waals surface area contributed by atoms with Crippen molar-refractivity contribution in [2.45, 2.75) is 6.04 Å². The Bertz CT molecular complexity index is 1170. The average Bonchev–Trinajstić information content (AvgIpc) is 3.28. The Balaban J connectivity index is 1.54. The van der Waals surface area contributed by atoms with Crippen LogP contribution in [0.25, 0.3) is 16.8 Å². The number of allylic oxidation sites excluding steroid dienone is 1. The third kappa shape index (κ3) is 3.14. The molecule has 29 heavy (non-hydrogen) atoms. The van der Waals surface area contributed by atoms with Crippen molar-refractivity contribution in [3.8, 4) is 16.9 Å². The number of nitrogens with one attached hydrogen (secondary N) is 1. The summed E-state index contributed by atoms with van der Waals surface area (Å²) in [7, 11) is 1.67. The van der Waals surface area contributed by atoms with Crippen LogP contribution in [0, 0.1) is 0 Å². The number of rotatable bonds is 4. The van der Waals surface area contributed by atoms with E-state index in [-0.39, 0.29) is 6.04 Å². The summed E-state index contributed by atoms with van der Waals surface area (Å²) in [6.45, 7) is 0. The zero-order valence-electron chi connectivity index (χ0n) is 15.9. The number of para-hydroxylation sites is 1. The lowest BCUT2D eigenvalue weighted by molar-refractivity contribution is 0.403. The summed E-state index contributed by atoms with van der Waals surface area (Å²) >= 11 is 0. The molecule has 2 heterocycles. The first-order valence-corrected chi connectivity index (χ1v) is 9.39. The lowest BCUT2D eigenvalue weighted by Crippen LogP contribution is -2.20. The Labute approximate surface area is 168 Å².